The van der Waals surface area contributed by atoms with Crippen LogP contribution in [0.2, 0.25) is 5.02 Å². The predicted molar refractivity (Wildman–Crippen MR) is 55.5 cm³/mol. The molecule has 0 heterocycles. The Hall–Kier alpha value is -0.870. The lowest BCUT2D eigenvalue weighted by Gasteiger charge is -2.06. The summed E-state index contributed by atoms with van der Waals surface area (Å²) in [6, 6.07) is 2.90. The molecule has 0 spiro atoms. The first-order chi connectivity index (χ1) is 6.45. The zero-order valence-corrected chi connectivity index (χ0v) is 9.28. The Morgan fingerprint density at radius 1 is 1.50 bits per heavy atom. The monoisotopic (exact) mass is 232 g/mol. The van der Waals surface area contributed by atoms with Gasteiger partial charge in [0.15, 0.2) is 0 Å². The number of carboxylic acid groups (broad SMARTS) is 1. The molecular weight excluding hydrogens is 224 g/mol. The van der Waals surface area contributed by atoms with Gasteiger partial charge in [-0.2, -0.15) is 0 Å². The van der Waals surface area contributed by atoms with Gasteiger partial charge in [0.1, 0.15) is 0 Å². The largest absolute Gasteiger partial charge is 0.478 e. The SMILES string of the molecule is Cc1c(S(C)=O)ccc(C(=O)O)c1Cl. The average Bonchev–Trinajstić information content (AvgIpc) is 2.08. The fourth-order valence-corrected chi connectivity index (χ4v) is 2.24. The molecule has 3 nitrogen and oxygen atoms in total. The third-order valence-corrected chi connectivity index (χ3v) is 3.43. The highest BCUT2D eigenvalue weighted by Crippen LogP contribution is 2.25. The van der Waals surface area contributed by atoms with E-state index in [0.29, 0.717) is 10.5 Å². The summed E-state index contributed by atoms with van der Waals surface area (Å²) in [5.41, 5.74) is 0.603. The highest BCUT2D eigenvalue weighted by molar-refractivity contribution is 7.84. The molecule has 0 radical (unpaired) electrons. The average molecular weight is 233 g/mol. The van der Waals surface area contributed by atoms with Crippen molar-refractivity contribution in [3.8, 4) is 0 Å². The first kappa shape index (κ1) is 11.2. The van der Waals surface area contributed by atoms with E-state index in [4.69, 9.17) is 16.7 Å². The summed E-state index contributed by atoms with van der Waals surface area (Å²) in [5, 5.41) is 8.92. The van der Waals surface area contributed by atoms with Crippen molar-refractivity contribution in [1.29, 1.82) is 0 Å². The number of rotatable bonds is 2. The maximum atomic E-state index is 11.2. The van der Waals surface area contributed by atoms with Crippen LogP contribution >= 0.6 is 11.6 Å². The number of aromatic carboxylic acids is 1. The summed E-state index contributed by atoms with van der Waals surface area (Å²) in [6.07, 6.45) is 1.53. The van der Waals surface area contributed by atoms with Crippen molar-refractivity contribution in [3.05, 3.63) is 28.3 Å². The summed E-state index contributed by atoms with van der Waals surface area (Å²) in [7, 11) is -1.15. The van der Waals surface area contributed by atoms with Crippen LogP contribution in [0.4, 0.5) is 0 Å². The van der Waals surface area contributed by atoms with Gasteiger partial charge < -0.3 is 5.11 Å². The molecule has 0 saturated carbocycles. The van der Waals surface area contributed by atoms with Gasteiger partial charge in [0.25, 0.3) is 0 Å². The van der Waals surface area contributed by atoms with Crippen molar-refractivity contribution in [2.24, 2.45) is 0 Å². The number of carboxylic acids is 1. The summed E-state index contributed by atoms with van der Waals surface area (Å²) in [6.45, 7) is 1.66. The van der Waals surface area contributed by atoms with Crippen LogP contribution in [-0.2, 0) is 10.8 Å². The van der Waals surface area contributed by atoms with Gasteiger partial charge in [-0.05, 0) is 24.6 Å². The van der Waals surface area contributed by atoms with Crippen LogP contribution in [0.25, 0.3) is 0 Å². The van der Waals surface area contributed by atoms with Crippen LogP contribution in [0.15, 0.2) is 17.0 Å². The molecule has 0 bridgehead atoms. The van der Waals surface area contributed by atoms with Crippen LogP contribution in [-0.4, -0.2) is 21.5 Å². The molecule has 0 amide bonds. The topological polar surface area (TPSA) is 54.4 Å². The third kappa shape index (κ3) is 1.96. The summed E-state index contributed by atoms with van der Waals surface area (Å²) < 4.78 is 11.2. The minimum Gasteiger partial charge on any atom is -0.478 e. The highest BCUT2D eigenvalue weighted by Gasteiger charge is 2.14. The van der Waals surface area contributed by atoms with Gasteiger partial charge >= 0.3 is 5.97 Å². The van der Waals surface area contributed by atoms with E-state index in [9.17, 15) is 9.00 Å². The van der Waals surface area contributed by atoms with Gasteiger partial charge in [0, 0.05) is 11.2 Å². The zero-order chi connectivity index (χ0) is 10.9. The minimum atomic E-state index is -1.15. The quantitative estimate of drug-likeness (QED) is 0.850. The van der Waals surface area contributed by atoms with Crippen LogP contribution < -0.4 is 0 Å². The van der Waals surface area contributed by atoms with Gasteiger partial charge in [-0.1, -0.05) is 11.6 Å². The van der Waals surface area contributed by atoms with Crippen molar-refractivity contribution in [3.63, 3.8) is 0 Å². The third-order valence-electron chi connectivity index (χ3n) is 1.88. The van der Waals surface area contributed by atoms with E-state index < -0.39 is 16.8 Å². The lowest BCUT2D eigenvalue weighted by atomic mass is 10.1. The van der Waals surface area contributed by atoms with Gasteiger partial charge in [-0.15, -0.1) is 0 Å². The Bertz CT molecular complexity index is 376. The second-order valence-electron chi connectivity index (χ2n) is 2.81. The molecule has 1 unspecified atom stereocenters. The van der Waals surface area contributed by atoms with E-state index in [1.165, 1.54) is 18.4 Å². The predicted octanol–water partition coefficient (Wildman–Crippen LogP) is 2.08. The Kier molecular flexibility index (Phi) is 3.29. The maximum absolute atomic E-state index is 11.2. The molecule has 0 aliphatic carbocycles. The van der Waals surface area contributed by atoms with Gasteiger partial charge in [0.2, 0.25) is 0 Å². The van der Waals surface area contributed by atoms with Gasteiger partial charge in [0.05, 0.1) is 21.4 Å². The van der Waals surface area contributed by atoms with E-state index in [2.05, 4.69) is 0 Å². The molecule has 0 aliphatic heterocycles. The van der Waals surface area contributed by atoms with E-state index in [1.807, 2.05) is 0 Å². The minimum absolute atomic E-state index is 0.0402. The van der Waals surface area contributed by atoms with E-state index >= 15 is 0 Å². The molecule has 0 fully saturated rings. The smallest absolute Gasteiger partial charge is 0.337 e. The van der Waals surface area contributed by atoms with E-state index in [-0.39, 0.29) is 10.6 Å². The molecule has 0 aromatic heterocycles. The molecular formula is C9H9ClO3S. The number of hydrogen-bond acceptors (Lipinski definition) is 2. The first-order valence-electron chi connectivity index (χ1n) is 3.81. The van der Waals surface area contributed by atoms with Gasteiger partial charge in [-0.25, -0.2) is 4.79 Å². The molecule has 76 valence electrons. The van der Waals surface area contributed by atoms with Crippen molar-refractivity contribution in [2.45, 2.75) is 11.8 Å². The lowest BCUT2D eigenvalue weighted by molar-refractivity contribution is 0.0697. The second kappa shape index (κ2) is 4.11. The molecule has 1 aromatic rings. The Balaban J connectivity index is 3.41. The number of hydrogen-bond donors (Lipinski definition) is 1. The van der Waals surface area contributed by atoms with E-state index in [1.54, 1.807) is 6.92 Å². The van der Waals surface area contributed by atoms with E-state index in [0.717, 1.165) is 0 Å². The van der Waals surface area contributed by atoms with Crippen LogP contribution in [0.1, 0.15) is 15.9 Å². The molecule has 0 saturated heterocycles. The highest BCUT2D eigenvalue weighted by atomic mass is 35.5. The Morgan fingerprint density at radius 2 is 2.07 bits per heavy atom. The lowest BCUT2D eigenvalue weighted by Crippen LogP contribution is -2.01. The molecule has 5 heteroatoms. The van der Waals surface area contributed by atoms with Crippen molar-refractivity contribution >= 4 is 28.4 Å². The summed E-state index contributed by atoms with van der Waals surface area (Å²) in [5.74, 6) is -1.08. The number of benzene rings is 1. The molecule has 1 aromatic carbocycles. The number of halogens is 1. The first-order valence-corrected chi connectivity index (χ1v) is 5.74. The van der Waals surface area contributed by atoms with Crippen LogP contribution in [0, 0.1) is 6.92 Å². The van der Waals surface area contributed by atoms with Crippen molar-refractivity contribution in [2.75, 3.05) is 6.26 Å². The van der Waals surface area contributed by atoms with Crippen molar-refractivity contribution in [1.82, 2.24) is 0 Å². The fourth-order valence-electron chi connectivity index (χ4n) is 1.14. The van der Waals surface area contributed by atoms with Crippen LogP contribution in [0.5, 0.6) is 0 Å². The summed E-state index contributed by atoms with van der Waals surface area (Å²) >= 11 is 5.82. The Morgan fingerprint density at radius 3 is 2.50 bits per heavy atom. The molecule has 1 atom stereocenters. The summed E-state index contributed by atoms with van der Waals surface area (Å²) in [4.78, 5) is 11.3. The second-order valence-corrected chi connectivity index (χ2v) is 4.54. The van der Waals surface area contributed by atoms with Crippen molar-refractivity contribution < 1.29 is 14.1 Å². The zero-order valence-electron chi connectivity index (χ0n) is 7.70. The Labute approximate surface area is 89.2 Å². The normalized spacial score (nSPS) is 12.5. The molecule has 0 aliphatic rings. The van der Waals surface area contributed by atoms with Gasteiger partial charge in [-0.3, -0.25) is 4.21 Å². The molecule has 1 rings (SSSR count). The van der Waals surface area contributed by atoms with Crippen LogP contribution in [0.3, 0.4) is 0 Å². The molecule has 1 N–H and O–H groups in total. The molecule has 14 heavy (non-hydrogen) atoms. The maximum Gasteiger partial charge on any atom is 0.337 e. The number of carbonyl (C=O) groups is 1. The fraction of sp³-hybridized carbons (Fsp3) is 0.222. The standard InChI is InChI=1S/C9H9ClO3S/c1-5-7(14(2)13)4-3-6(8(5)10)9(11)12/h3-4H,1-2H3,(H,11,12).